The molecule has 2 rings (SSSR count). The van der Waals surface area contributed by atoms with Crippen molar-refractivity contribution in [1.82, 2.24) is 5.06 Å². The Labute approximate surface area is 101 Å². The molecule has 3 atom stereocenters. The van der Waals surface area contributed by atoms with E-state index in [0.717, 1.165) is 19.3 Å². The maximum Gasteiger partial charge on any atom is 0.238 e. The van der Waals surface area contributed by atoms with Crippen molar-refractivity contribution in [3.8, 4) is 0 Å². The third-order valence-corrected chi connectivity index (χ3v) is 3.47. The zero-order chi connectivity index (χ0) is 12.4. The molecule has 0 aromatic rings. The second kappa shape index (κ2) is 5.16. The van der Waals surface area contributed by atoms with E-state index in [1.165, 1.54) is 0 Å². The average Bonchev–Trinajstić information content (AvgIpc) is 2.35. The Morgan fingerprint density at radius 1 is 1.59 bits per heavy atom. The highest BCUT2D eigenvalue weighted by Crippen LogP contribution is 2.28. The summed E-state index contributed by atoms with van der Waals surface area (Å²) in [6.45, 7) is 1.84. The molecular formula is C12H18NO4-. The Bertz CT molecular complexity index is 328. The van der Waals surface area contributed by atoms with E-state index in [4.69, 9.17) is 9.84 Å². The van der Waals surface area contributed by atoms with Crippen molar-refractivity contribution >= 4 is 5.91 Å². The molecule has 1 amide bonds. The molecule has 2 aliphatic heterocycles. The lowest BCUT2D eigenvalue weighted by Crippen LogP contribution is -2.43. The number of carbonyl (C=O) groups excluding carboxylic acids is 1. The smallest absolute Gasteiger partial charge is 0.238 e. The van der Waals surface area contributed by atoms with Gasteiger partial charge >= 0.3 is 0 Å². The number of hydrogen-bond acceptors (Lipinski definition) is 4. The van der Waals surface area contributed by atoms with Crippen LogP contribution in [-0.4, -0.2) is 41.4 Å². The van der Waals surface area contributed by atoms with Crippen LogP contribution in [0.4, 0.5) is 0 Å². The number of ether oxygens (including phenoxy) is 1. The molecule has 5 nitrogen and oxygen atoms in total. The van der Waals surface area contributed by atoms with Gasteiger partial charge in [0, 0.05) is 18.0 Å². The lowest BCUT2D eigenvalue weighted by Gasteiger charge is -2.41. The largest absolute Gasteiger partial charge is 0.756 e. The standard InChI is InChI=1S/C12H18NO4/c1-8-5-9(6-13(16)12(8)15)11-4-2-3-10(7-14)17-11/h5,9-11,14H,2-4,6-7H2,1H3/q-1. The third-order valence-electron chi connectivity index (χ3n) is 3.47. The van der Waals surface area contributed by atoms with Crippen LogP contribution in [0.25, 0.3) is 0 Å². The van der Waals surface area contributed by atoms with E-state index in [-0.39, 0.29) is 31.3 Å². The topological polar surface area (TPSA) is 72.8 Å². The molecule has 0 bridgehead atoms. The summed E-state index contributed by atoms with van der Waals surface area (Å²) in [5.74, 6) is -0.490. The van der Waals surface area contributed by atoms with Gasteiger partial charge in [-0.15, -0.1) is 0 Å². The molecule has 1 N–H and O–H groups in total. The summed E-state index contributed by atoms with van der Waals surface area (Å²) in [7, 11) is 0. The van der Waals surface area contributed by atoms with Crippen molar-refractivity contribution in [2.75, 3.05) is 13.2 Å². The number of hydroxylamine groups is 2. The van der Waals surface area contributed by atoms with Gasteiger partial charge in [0.05, 0.1) is 18.8 Å². The number of amides is 1. The Hall–Kier alpha value is -0.910. The number of hydrogen-bond donors (Lipinski definition) is 1. The van der Waals surface area contributed by atoms with Gasteiger partial charge < -0.3 is 20.1 Å². The summed E-state index contributed by atoms with van der Waals surface area (Å²) in [4.78, 5) is 11.3. The zero-order valence-electron chi connectivity index (χ0n) is 9.96. The van der Waals surface area contributed by atoms with E-state index in [0.29, 0.717) is 10.6 Å². The Morgan fingerprint density at radius 3 is 3.00 bits per heavy atom. The summed E-state index contributed by atoms with van der Waals surface area (Å²) >= 11 is 0. The maximum atomic E-state index is 11.4. The summed E-state index contributed by atoms with van der Waals surface area (Å²) < 4.78 is 5.74. The molecule has 0 saturated carbocycles. The van der Waals surface area contributed by atoms with Crippen molar-refractivity contribution in [1.29, 1.82) is 0 Å². The first-order valence-electron chi connectivity index (χ1n) is 6.05. The van der Waals surface area contributed by atoms with Crippen LogP contribution in [0.1, 0.15) is 26.2 Å². The number of nitrogens with zero attached hydrogens (tertiary/aromatic N) is 1. The van der Waals surface area contributed by atoms with Gasteiger partial charge in [-0.25, -0.2) is 0 Å². The van der Waals surface area contributed by atoms with Gasteiger partial charge in [-0.3, -0.25) is 4.79 Å². The van der Waals surface area contributed by atoms with Gasteiger partial charge in [0.25, 0.3) is 0 Å². The van der Waals surface area contributed by atoms with Crippen molar-refractivity contribution in [3.63, 3.8) is 0 Å². The van der Waals surface area contributed by atoms with E-state index in [1.807, 2.05) is 6.08 Å². The minimum Gasteiger partial charge on any atom is -0.756 e. The van der Waals surface area contributed by atoms with Crippen molar-refractivity contribution in [3.05, 3.63) is 16.9 Å². The van der Waals surface area contributed by atoms with E-state index in [1.54, 1.807) is 6.92 Å². The first-order valence-corrected chi connectivity index (χ1v) is 6.05. The van der Waals surface area contributed by atoms with Crippen LogP contribution in [0.5, 0.6) is 0 Å². The monoisotopic (exact) mass is 240 g/mol. The second-order valence-corrected chi connectivity index (χ2v) is 4.79. The summed E-state index contributed by atoms with van der Waals surface area (Å²) in [5.41, 5.74) is 0.492. The molecule has 1 saturated heterocycles. The molecule has 0 aliphatic carbocycles. The lowest BCUT2D eigenvalue weighted by atomic mass is 9.90. The van der Waals surface area contributed by atoms with Gasteiger partial charge in [-0.2, -0.15) is 0 Å². The van der Waals surface area contributed by atoms with Crippen molar-refractivity contribution in [2.45, 2.75) is 38.4 Å². The van der Waals surface area contributed by atoms with Gasteiger partial charge in [0.1, 0.15) is 0 Å². The first-order chi connectivity index (χ1) is 8.11. The van der Waals surface area contributed by atoms with Gasteiger partial charge in [-0.1, -0.05) is 6.08 Å². The molecule has 1 fully saturated rings. The average molecular weight is 240 g/mol. The fraction of sp³-hybridized carbons (Fsp3) is 0.750. The molecule has 0 aromatic heterocycles. The normalized spacial score (nSPS) is 34.8. The Morgan fingerprint density at radius 2 is 2.35 bits per heavy atom. The highest BCUT2D eigenvalue weighted by molar-refractivity contribution is 5.93. The van der Waals surface area contributed by atoms with Crippen LogP contribution in [0.15, 0.2) is 11.6 Å². The number of aliphatic hydroxyl groups is 1. The van der Waals surface area contributed by atoms with E-state index in [9.17, 15) is 10.0 Å². The fourth-order valence-corrected chi connectivity index (χ4v) is 2.52. The molecule has 0 spiro atoms. The zero-order valence-corrected chi connectivity index (χ0v) is 9.96. The molecule has 96 valence electrons. The summed E-state index contributed by atoms with van der Waals surface area (Å²) in [6.07, 6.45) is 4.39. The molecule has 2 heterocycles. The number of aliphatic hydroxyl groups excluding tert-OH is 1. The van der Waals surface area contributed by atoms with Crippen LogP contribution in [0, 0.1) is 11.1 Å². The van der Waals surface area contributed by atoms with Crippen LogP contribution < -0.4 is 0 Å². The van der Waals surface area contributed by atoms with Crippen LogP contribution in [0.3, 0.4) is 0 Å². The van der Waals surface area contributed by atoms with E-state index < -0.39 is 5.91 Å². The molecule has 0 radical (unpaired) electrons. The van der Waals surface area contributed by atoms with Crippen LogP contribution in [-0.2, 0) is 9.53 Å². The number of rotatable bonds is 2. The first kappa shape index (κ1) is 12.5. The van der Waals surface area contributed by atoms with Crippen molar-refractivity contribution in [2.24, 2.45) is 5.92 Å². The summed E-state index contributed by atoms with van der Waals surface area (Å²) in [5, 5.41) is 21.0. The quantitative estimate of drug-likeness (QED) is 0.775. The van der Waals surface area contributed by atoms with Crippen LogP contribution >= 0.6 is 0 Å². The Balaban J connectivity index is 2.05. The molecule has 17 heavy (non-hydrogen) atoms. The Kier molecular flexibility index (Phi) is 3.81. The molecular weight excluding hydrogens is 222 g/mol. The molecule has 0 aromatic carbocycles. The highest BCUT2D eigenvalue weighted by atomic mass is 16.5. The van der Waals surface area contributed by atoms with E-state index in [2.05, 4.69) is 0 Å². The lowest BCUT2D eigenvalue weighted by molar-refractivity contribution is -0.128. The van der Waals surface area contributed by atoms with E-state index >= 15 is 0 Å². The second-order valence-electron chi connectivity index (χ2n) is 4.79. The predicted octanol–water partition coefficient (Wildman–Crippen LogP) is 0.819. The number of carbonyl (C=O) groups is 1. The third kappa shape index (κ3) is 2.68. The van der Waals surface area contributed by atoms with Gasteiger partial charge in [0.15, 0.2) is 0 Å². The molecule has 3 unspecified atom stereocenters. The molecule has 2 aliphatic rings. The molecule has 5 heteroatoms. The highest BCUT2D eigenvalue weighted by Gasteiger charge is 2.31. The van der Waals surface area contributed by atoms with Crippen molar-refractivity contribution < 1.29 is 14.6 Å². The fourth-order valence-electron chi connectivity index (χ4n) is 2.52. The minimum absolute atomic E-state index is 0.0198. The predicted molar refractivity (Wildman–Crippen MR) is 61.9 cm³/mol. The van der Waals surface area contributed by atoms with Gasteiger partial charge in [0.2, 0.25) is 5.91 Å². The minimum atomic E-state index is -0.448. The van der Waals surface area contributed by atoms with Gasteiger partial charge in [-0.05, 0) is 26.2 Å². The van der Waals surface area contributed by atoms with Crippen LogP contribution in [0.2, 0.25) is 0 Å². The maximum absolute atomic E-state index is 11.4. The SMILES string of the molecule is CC1=CC(C2CCCC(CO)O2)CN([O-])C1=O. The summed E-state index contributed by atoms with van der Waals surface area (Å²) in [6, 6.07) is 0.